The number of sulfonamides is 1. The third-order valence-corrected chi connectivity index (χ3v) is 4.23. The first-order valence-corrected chi connectivity index (χ1v) is 8.04. The minimum absolute atomic E-state index is 0.0484. The molecule has 0 bridgehead atoms. The number of phenols is 1. The van der Waals surface area contributed by atoms with Crippen molar-refractivity contribution in [1.82, 2.24) is 0 Å². The lowest BCUT2D eigenvalue weighted by Crippen LogP contribution is -2.12. The average Bonchev–Trinajstić information content (AvgIpc) is 2.36. The van der Waals surface area contributed by atoms with Gasteiger partial charge in [0.25, 0.3) is 0 Å². The van der Waals surface area contributed by atoms with Crippen LogP contribution in [0.1, 0.15) is 5.56 Å². The van der Waals surface area contributed by atoms with Gasteiger partial charge in [0.2, 0.25) is 10.0 Å². The van der Waals surface area contributed by atoms with E-state index >= 15 is 0 Å². The average molecular weight is 357 g/mol. The molecule has 0 fully saturated rings. The molecule has 0 amide bonds. The van der Waals surface area contributed by atoms with Crippen molar-refractivity contribution in [2.75, 3.05) is 5.32 Å². The van der Waals surface area contributed by atoms with E-state index in [1.54, 1.807) is 24.3 Å². The lowest BCUT2D eigenvalue weighted by Gasteiger charge is -2.10. The van der Waals surface area contributed by atoms with Gasteiger partial charge in [-0.05, 0) is 51.8 Å². The summed E-state index contributed by atoms with van der Waals surface area (Å²) in [4.78, 5) is 0.0484. The maximum absolute atomic E-state index is 11.2. The second-order valence-corrected chi connectivity index (χ2v) is 6.63. The summed E-state index contributed by atoms with van der Waals surface area (Å²) in [5, 5.41) is 17.6. The SMILES string of the molecule is NS(=O)(=O)c1ccc(NCc2cccc(O)c2)c(Br)c1. The van der Waals surface area contributed by atoms with E-state index < -0.39 is 10.0 Å². The number of primary sulfonamides is 1. The number of aromatic hydroxyl groups is 1. The quantitative estimate of drug-likeness (QED) is 0.784. The minimum atomic E-state index is -3.71. The summed E-state index contributed by atoms with van der Waals surface area (Å²) in [6, 6.07) is 11.4. The smallest absolute Gasteiger partial charge is 0.238 e. The number of hydrogen-bond donors (Lipinski definition) is 3. The van der Waals surface area contributed by atoms with Gasteiger partial charge in [-0.3, -0.25) is 0 Å². The molecule has 0 spiro atoms. The highest BCUT2D eigenvalue weighted by Crippen LogP contribution is 2.26. The molecule has 0 saturated heterocycles. The predicted octanol–water partition coefficient (Wildman–Crippen LogP) is 2.41. The number of halogens is 1. The van der Waals surface area contributed by atoms with Crippen LogP contribution in [-0.2, 0) is 16.6 Å². The summed E-state index contributed by atoms with van der Waals surface area (Å²) in [7, 11) is -3.71. The number of nitrogens with two attached hydrogens (primary N) is 1. The Hall–Kier alpha value is -1.57. The Morgan fingerprint density at radius 1 is 1.20 bits per heavy atom. The van der Waals surface area contributed by atoms with Crippen molar-refractivity contribution in [3.63, 3.8) is 0 Å². The zero-order chi connectivity index (χ0) is 14.8. The van der Waals surface area contributed by atoms with Gasteiger partial charge >= 0.3 is 0 Å². The molecule has 2 aromatic rings. The number of rotatable bonds is 4. The van der Waals surface area contributed by atoms with E-state index in [1.165, 1.54) is 12.1 Å². The van der Waals surface area contributed by atoms with Gasteiger partial charge in [-0.25, -0.2) is 13.6 Å². The lowest BCUT2D eigenvalue weighted by atomic mass is 10.2. The van der Waals surface area contributed by atoms with Crippen molar-refractivity contribution in [3.05, 3.63) is 52.5 Å². The fraction of sp³-hybridized carbons (Fsp3) is 0.0769. The first-order chi connectivity index (χ1) is 9.36. The Kier molecular flexibility index (Phi) is 4.32. The predicted molar refractivity (Wildman–Crippen MR) is 80.9 cm³/mol. The van der Waals surface area contributed by atoms with E-state index in [0.717, 1.165) is 11.3 Å². The number of hydrogen-bond acceptors (Lipinski definition) is 4. The summed E-state index contributed by atoms with van der Waals surface area (Å²) in [6.45, 7) is 0.502. The van der Waals surface area contributed by atoms with Crippen LogP contribution in [0, 0.1) is 0 Å². The Labute approximate surface area is 125 Å². The molecule has 0 unspecified atom stereocenters. The number of nitrogens with one attached hydrogen (secondary N) is 1. The highest BCUT2D eigenvalue weighted by Gasteiger charge is 2.10. The molecular formula is C13H13BrN2O3S. The molecular weight excluding hydrogens is 344 g/mol. The van der Waals surface area contributed by atoms with Crippen molar-refractivity contribution in [3.8, 4) is 5.75 Å². The third kappa shape index (κ3) is 3.72. The van der Waals surface area contributed by atoms with Gasteiger partial charge in [-0.2, -0.15) is 0 Å². The molecule has 5 nitrogen and oxygen atoms in total. The number of anilines is 1. The zero-order valence-corrected chi connectivity index (χ0v) is 12.8. The standard InChI is InChI=1S/C13H13BrN2O3S/c14-12-7-11(20(15,18)19)4-5-13(12)16-8-9-2-1-3-10(17)6-9/h1-7,16-17H,8H2,(H2,15,18,19). The molecule has 20 heavy (non-hydrogen) atoms. The number of benzene rings is 2. The molecule has 0 aliphatic carbocycles. The molecule has 0 heterocycles. The van der Waals surface area contributed by atoms with Crippen LogP contribution >= 0.6 is 15.9 Å². The second-order valence-electron chi connectivity index (χ2n) is 4.21. The monoisotopic (exact) mass is 356 g/mol. The topological polar surface area (TPSA) is 92.4 Å². The van der Waals surface area contributed by atoms with Crippen molar-refractivity contribution in [1.29, 1.82) is 0 Å². The maximum Gasteiger partial charge on any atom is 0.238 e. The van der Waals surface area contributed by atoms with Crippen molar-refractivity contribution >= 4 is 31.6 Å². The van der Waals surface area contributed by atoms with E-state index in [4.69, 9.17) is 5.14 Å². The molecule has 4 N–H and O–H groups in total. The van der Waals surface area contributed by atoms with E-state index in [-0.39, 0.29) is 10.6 Å². The minimum Gasteiger partial charge on any atom is -0.508 e. The fourth-order valence-corrected chi connectivity index (χ4v) is 2.89. The van der Waals surface area contributed by atoms with Gasteiger partial charge in [-0.15, -0.1) is 0 Å². The molecule has 0 aliphatic rings. The first-order valence-electron chi connectivity index (χ1n) is 5.70. The summed E-state index contributed by atoms with van der Waals surface area (Å²) >= 11 is 3.30. The molecule has 2 aromatic carbocycles. The summed E-state index contributed by atoms with van der Waals surface area (Å²) in [5.74, 6) is 0.202. The van der Waals surface area contributed by atoms with Crippen LogP contribution in [-0.4, -0.2) is 13.5 Å². The van der Waals surface area contributed by atoms with Crippen molar-refractivity contribution in [2.24, 2.45) is 5.14 Å². The van der Waals surface area contributed by atoms with Crippen LogP contribution in [0.2, 0.25) is 0 Å². The molecule has 106 valence electrons. The zero-order valence-electron chi connectivity index (χ0n) is 10.4. The van der Waals surface area contributed by atoms with Crippen LogP contribution < -0.4 is 10.5 Å². The number of phenolic OH excluding ortho intramolecular Hbond substituents is 1. The highest BCUT2D eigenvalue weighted by atomic mass is 79.9. The fourth-order valence-electron chi connectivity index (χ4n) is 1.68. The van der Waals surface area contributed by atoms with Gasteiger partial charge in [0.05, 0.1) is 4.90 Å². The van der Waals surface area contributed by atoms with E-state index in [1.807, 2.05) is 6.07 Å². The Bertz CT molecular complexity index is 732. The first kappa shape index (κ1) is 14.8. The van der Waals surface area contributed by atoms with Gasteiger partial charge in [0, 0.05) is 16.7 Å². The third-order valence-electron chi connectivity index (χ3n) is 2.66. The van der Waals surface area contributed by atoms with Gasteiger partial charge in [0.1, 0.15) is 5.75 Å². The molecule has 7 heteroatoms. The molecule has 0 atom stereocenters. The lowest BCUT2D eigenvalue weighted by molar-refractivity contribution is 0.474. The molecule has 0 aliphatic heterocycles. The van der Waals surface area contributed by atoms with Crippen LogP contribution in [0.4, 0.5) is 5.69 Å². The van der Waals surface area contributed by atoms with Crippen molar-refractivity contribution < 1.29 is 13.5 Å². The van der Waals surface area contributed by atoms with Gasteiger partial charge in [0.15, 0.2) is 0 Å². The van der Waals surface area contributed by atoms with Gasteiger partial charge in [-0.1, -0.05) is 12.1 Å². The maximum atomic E-state index is 11.2. The molecule has 0 aromatic heterocycles. The van der Waals surface area contributed by atoms with Crippen LogP contribution in [0.5, 0.6) is 5.75 Å². The second kappa shape index (κ2) is 5.82. The van der Waals surface area contributed by atoms with E-state index in [0.29, 0.717) is 11.0 Å². The molecule has 2 rings (SSSR count). The van der Waals surface area contributed by atoms with Crippen LogP contribution in [0.25, 0.3) is 0 Å². The summed E-state index contributed by atoms with van der Waals surface area (Å²) in [6.07, 6.45) is 0. The Morgan fingerprint density at radius 2 is 1.95 bits per heavy atom. The van der Waals surface area contributed by atoms with Crippen molar-refractivity contribution in [2.45, 2.75) is 11.4 Å². The highest BCUT2D eigenvalue weighted by molar-refractivity contribution is 9.10. The van der Waals surface area contributed by atoms with Gasteiger partial charge < -0.3 is 10.4 Å². The molecule has 0 saturated carbocycles. The van der Waals surface area contributed by atoms with E-state index in [9.17, 15) is 13.5 Å². The van der Waals surface area contributed by atoms with Crippen LogP contribution in [0.3, 0.4) is 0 Å². The Morgan fingerprint density at radius 3 is 2.55 bits per heavy atom. The normalized spacial score (nSPS) is 11.3. The Balaban J connectivity index is 2.15. The summed E-state index contributed by atoms with van der Waals surface area (Å²) < 4.78 is 23.0. The van der Waals surface area contributed by atoms with Crippen LogP contribution in [0.15, 0.2) is 51.8 Å². The summed E-state index contributed by atoms with van der Waals surface area (Å²) in [5.41, 5.74) is 1.65. The largest absolute Gasteiger partial charge is 0.508 e. The van der Waals surface area contributed by atoms with E-state index in [2.05, 4.69) is 21.2 Å². The molecule has 0 radical (unpaired) electrons.